The number of guanidine groups is 1. The highest BCUT2D eigenvalue weighted by Crippen LogP contribution is 2.40. The molecule has 5 nitrogen and oxygen atoms in total. The first kappa shape index (κ1) is 21.8. The van der Waals surface area contributed by atoms with Crippen LogP contribution in [0.4, 0.5) is 13.2 Å². The van der Waals surface area contributed by atoms with E-state index in [9.17, 15) is 18.0 Å². The first-order valence-electron chi connectivity index (χ1n) is 10.0. The molecule has 1 amide bonds. The minimum Gasteiger partial charge on any atom is -0.357 e. The summed E-state index contributed by atoms with van der Waals surface area (Å²) in [4.78, 5) is 19.0. The van der Waals surface area contributed by atoms with Gasteiger partial charge in [0.1, 0.15) is 0 Å². The van der Waals surface area contributed by atoms with Crippen LogP contribution in [0.15, 0.2) is 4.99 Å². The number of nitrogens with one attached hydrogen (secondary N) is 2. The number of aliphatic imine (C=N–C) groups is 1. The van der Waals surface area contributed by atoms with Gasteiger partial charge in [-0.2, -0.15) is 13.2 Å². The van der Waals surface area contributed by atoms with E-state index in [1.165, 1.54) is 0 Å². The second-order valence-corrected chi connectivity index (χ2v) is 8.12. The van der Waals surface area contributed by atoms with E-state index in [1.54, 1.807) is 19.0 Å². The van der Waals surface area contributed by atoms with E-state index < -0.39 is 17.5 Å². The monoisotopic (exact) mass is 390 g/mol. The highest BCUT2D eigenvalue weighted by Gasteiger charge is 2.43. The molecule has 0 aromatic rings. The maximum absolute atomic E-state index is 12.8. The molecule has 2 aliphatic carbocycles. The summed E-state index contributed by atoms with van der Waals surface area (Å²) in [6.45, 7) is 3.03. The van der Waals surface area contributed by atoms with Gasteiger partial charge < -0.3 is 15.5 Å². The molecular weight excluding hydrogens is 357 g/mol. The van der Waals surface area contributed by atoms with Gasteiger partial charge in [0.2, 0.25) is 5.91 Å². The predicted molar refractivity (Wildman–Crippen MR) is 101 cm³/mol. The van der Waals surface area contributed by atoms with Gasteiger partial charge in [-0.05, 0) is 45.4 Å². The average molecular weight is 390 g/mol. The Hall–Kier alpha value is -1.47. The summed E-state index contributed by atoms with van der Waals surface area (Å²) >= 11 is 0. The number of amides is 1. The normalized spacial score (nSPS) is 25.9. The van der Waals surface area contributed by atoms with Crippen LogP contribution in [0.3, 0.4) is 0 Å². The molecule has 0 saturated heterocycles. The quantitative estimate of drug-likeness (QED) is 0.559. The SMILES string of the molecule is CCNC(=NCC1(C(=O)N(C)C)CCCC1)NC1CCC(C(F)(F)F)CC1. The number of nitrogens with zero attached hydrogens (tertiary/aromatic N) is 2. The van der Waals surface area contributed by atoms with Gasteiger partial charge in [-0.3, -0.25) is 9.79 Å². The zero-order valence-electron chi connectivity index (χ0n) is 16.7. The molecule has 0 heterocycles. The molecule has 2 aliphatic rings. The lowest BCUT2D eigenvalue weighted by atomic mass is 9.84. The molecule has 2 fully saturated rings. The molecule has 0 aromatic heterocycles. The van der Waals surface area contributed by atoms with Gasteiger partial charge in [0.25, 0.3) is 0 Å². The van der Waals surface area contributed by atoms with Gasteiger partial charge in [-0.1, -0.05) is 12.8 Å². The van der Waals surface area contributed by atoms with E-state index in [0.717, 1.165) is 25.7 Å². The third-order valence-electron chi connectivity index (χ3n) is 5.84. The molecule has 156 valence electrons. The summed E-state index contributed by atoms with van der Waals surface area (Å²) in [7, 11) is 3.54. The number of halogens is 3. The third-order valence-corrected chi connectivity index (χ3v) is 5.84. The summed E-state index contributed by atoms with van der Waals surface area (Å²) in [6.07, 6.45) is 0.916. The van der Waals surface area contributed by atoms with Crippen LogP contribution in [-0.4, -0.2) is 56.2 Å². The summed E-state index contributed by atoms with van der Waals surface area (Å²) < 4.78 is 38.5. The van der Waals surface area contributed by atoms with E-state index in [-0.39, 0.29) is 24.8 Å². The van der Waals surface area contributed by atoms with E-state index in [4.69, 9.17) is 0 Å². The number of hydrogen-bond donors (Lipinski definition) is 2. The predicted octanol–water partition coefficient (Wildman–Crippen LogP) is 3.31. The lowest BCUT2D eigenvalue weighted by molar-refractivity contribution is -0.182. The van der Waals surface area contributed by atoms with Crippen LogP contribution < -0.4 is 10.6 Å². The number of carbonyl (C=O) groups is 1. The van der Waals surface area contributed by atoms with Gasteiger partial charge in [-0.25, -0.2) is 0 Å². The molecule has 0 radical (unpaired) electrons. The van der Waals surface area contributed by atoms with Gasteiger partial charge >= 0.3 is 6.18 Å². The van der Waals surface area contributed by atoms with Crippen LogP contribution in [0.25, 0.3) is 0 Å². The van der Waals surface area contributed by atoms with Crippen LogP contribution >= 0.6 is 0 Å². The van der Waals surface area contributed by atoms with Gasteiger partial charge in [-0.15, -0.1) is 0 Å². The maximum Gasteiger partial charge on any atom is 0.391 e. The van der Waals surface area contributed by atoms with Crippen molar-refractivity contribution in [3.05, 3.63) is 0 Å². The zero-order valence-corrected chi connectivity index (χ0v) is 16.7. The Morgan fingerprint density at radius 1 is 1.15 bits per heavy atom. The summed E-state index contributed by atoms with van der Waals surface area (Å²) in [5, 5.41) is 6.46. The van der Waals surface area contributed by atoms with Crippen molar-refractivity contribution < 1.29 is 18.0 Å². The molecule has 0 spiro atoms. The van der Waals surface area contributed by atoms with Crippen LogP contribution in [0.5, 0.6) is 0 Å². The number of alkyl halides is 3. The van der Waals surface area contributed by atoms with Crippen molar-refractivity contribution in [1.29, 1.82) is 0 Å². The third kappa shape index (κ3) is 5.75. The molecule has 2 saturated carbocycles. The highest BCUT2D eigenvalue weighted by molar-refractivity contribution is 5.84. The summed E-state index contributed by atoms with van der Waals surface area (Å²) in [6, 6.07) is -0.00882. The fourth-order valence-electron chi connectivity index (χ4n) is 4.27. The number of rotatable bonds is 5. The van der Waals surface area contributed by atoms with E-state index >= 15 is 0 Å². The Morgan fingerprint density at radius 2 is 1.74 bits per heavy atom. The molecule has 0 aliphatic heterocycles. The van der Waals surface area contributed by atoms with Gasteiger partial charge in [0.15, 0.2) is 5.96 Å². The fraction of sp³-hybridized carbons (Fsp3) is 0.895. The van der Waals surface area contributed by atoms with Crippen LogP contribution in [0.1, 0.15) is 58.3 Å². The molecule has 27 heavy (non-hydrogen) atoms. The average Bonchev–Trinajstić information content (AvgIpc) is 3.09. The molecule has 0 bridgehead atoms. The number of carbonyl (C=O) groups excluding carboxylic acids is 1. The fourth-order valence-corrected chi connectivity index (χ4v) is 4.27. The minimum atomic E-state index is -4.09. The van der Waals surface area contributed by atoms with E-state index in [1.807, 2.05) is 6.92 Å². The maximum atomic E-state index is 12.8. The Morgan fingerprint density at radius 3 is 2.22 bits per heavy atom. The Bertz CT molecular complexity index is 520. The smallest absolute Gasteiger partial charge is 0.357 e. The Kier molecular flexibility index (Phi) is 7.40. The first-order valence-corrected chi connectivity index (χ1v) is 10.0. The molecule has 0 atom stereocenters. The van der Waals surface area contributed by atoms with Gasteiger partial charge in [0.05, 0.1) is 17.9 Å². The summed E-state index contributed by atoms with van der Waals surface area (Å²) in [5.74, 6) is -0.467. The van der Waals surface area contributed by atoms with Crippen molar-refractivity contribution in [2.24, 2.45) is 16.3 Å². The van der Waals surface area contributed by atoms with E-state index in [0.29, 0.717) is 31.9 Å². The standard InChI is InChI=1S/C19H33F3N4O/c1-4-23-17(25-15-9-7-14(8-10-15)19(20,21)22)24-13-18(11-5-6-12-18)16(27)26(2)3/h14-15H,4-13H2,1-3H3,(H2,23,24,25). The second-order valence-electron chi connectivity index (χ2n) is 8.12. The van der Waals surface area contributed by atoms with E-state index in [2.05, 4.69) is 15.6 Å². The summed E-state index contributed by atoms with van der Waals surface area (Å²) in [5.41, 5.74) is -0.445. The van der Waals surface area contributed by atoms with Crippen molar-refractivity contribution in [3.63, 3.8) is 0 Å². The zero-order chi connectivity index (χ0) is 20.1. The molecule has 8 heteroatoms. The van der Waals surface area contributed by atoms with Gasteiger partial charge in [0, 0.05) is 26.7 Å². The molecule has 0 aromatic carbocycles. The van der Waals surface area contributed by atoms with Crippen LogP contribution in [-0.2, 0) is 4.79 Å². The Labute approximate surface area is 160 Å². The molecular formula is C19H33F3N4O. The second kappa shape index (κ2) is 9.15. The largest absolute Gasteiger partial charge is 0.391 e. The van der Waals surface area contributed by atoms with Crippen LogP contribution in [0.2, 0.25) is 0 Å². The van der Waals surface area contributed by atoms with Crippen molar-refractivity contribution >= 4 is 11.9 Å². The topological polar surface area (TPSA) is 56.7 Å². The minimum absolute atomic E-state index is 0.00882. The molecule has 0 unspecified atom stereocenters. The molecule has 2 rings (SSSR count). The Balaban J connectivity index is 1.99. The first-order chi connectivity index (χ1) is 12.7. The van der Waals surface area contributed by atoms with Crippen molar-refractivity contribution in [2.75, 3.05) is 27.2 Å². The highest BCUT2D eigenvalue weighted by atomic mass is 19.4. The van der Waals surface area contributed by atoms with Crippen molar-refractivity contribution in [1.82, 2.24) is 15.5 Å². The lowest BCUT2D eigenvalue weighted by Crippen LogP contribution is -2.47. The van der Waals surface area contributed by atoms with Crippen molar-refractivity contribution in [3.8, 4) is 0 Å². The lowest BCUT2D eigenvalue weighted by Gasteiger charge is -2.32. The number of hydrogen-bond acceptors (Lipinski definition) is 2. The van der Waals surface area contributed by atoms with Crippen molar-refractivity contribution in [2.45, 2.75) is 70.5 Å². The molecule has 2 N–H and O–H groups in total. The van der Waals surface area contributed by atoms with Crippen LogP contribution in [0, 0.1) is 11.3 Å².